The number of carbonyl (C=O) groups is 3. The zero-order chi connectivity index (χ0) is 27.5. The van der Waals surface area contributed by atoms with Crippen LogP contribution in [0, 0.1) is 0 Å². The fourth-order valence-corrected chi connectivity index (χ4v) is 4.41. The Bertz CT molecular complexity index is 894. The smallest absolute Gasteiger partial charge is 0.310 e. The lowest BCUT2D eigenvalue weighted by atomic mass is 10.0. The molecule has 2 heterocycles. The molecule has 0 aromatic carbocycles. The van der Waals surface area contributed by atoms with E-state index in [4.69, 9.17) is 30.5 Å². The highest BCUT2D eigenvalue weighted by molar-refractivity contribution is 6.30. The first kappa shape index (κ1) is 31.0. The highest BCUT2D eigenvalue weighted by atomic mass is 35.5. The number of fused-ring (bicyclic) bond motifs is 2. The predicted octanol–water partition coefficient (Wildman–Crippen LogP) is 3.64. The Morgan fingerprint density at radius 1 is 1.27 bits per heavy atom. The fraction of sp³-hybridized carbons (Fsp3) is 0.667. The Labute approximate surface area is 223 Å². The van der Waals surface area contributed by atoms with E-state index in [1.54, 1.807) is 26.0 Å². The zero-order valence-electron chi connectivity index (χ0n) is 22.0. The first-order chi connectivity index (χ1) is 17.5. The normalized spacial score (nSPS) is 31.2. The van der Waals surface area contributed by atoms with Gasteiger partial charge >= 0.3 is 17.9 Å². The van der Waals surface area contributed by atoms with E-state index in [0.29, 0.717) is 24.2 Å². The number of aliphatic hydroxyl groups excluding tert-OH is 2. The SMILES string of the molecule is CCCCOC(=O)C/C(C)=C/[C@@H](O)[C@@H]1O[C@H]2C[C@@H](O)/C(Cl)=C/C/C=C(/C)[C@@H](OC(C)=O)CC(=O)O[C@H]1C2. The number of carbonyl (C=O) groups excluding carboxylic acids is 3. The lowest BCUT2D eigenvalue weighted by Gasteiger charge is -2.24. The number of rotatable bonds is 8. The van der Waals surface area contributed by atoms with E-state index in [1.165, 1.54) is 13.0 Å². The number of esters is 3. The summed E-state index contributed by atoms with van der Waals surface area (Å²) in [6.45, 7) is 7.03. The molecule has 0 radical (unpaired) electrons. The minimum absolute atomic E-state index is 0.0101. The molecule has 0 aliphatic carbocycles. The van der Waals surface area contributed by atoms with Gasteiger partial charge in [-0.15, -0.1) is 0 Å². The number of hydrogen-bond acceptors (Lipinski definition) is 9. The van der Waals surface area contributed by atoms with Gasteiger partial charge in [-0.2, -0.15) is 0 Å². The Morgan fingerprint density at radius 2 is 2.00 bits per heavy atom. The number of hydrogen-bond donors (Lipinski definition) is 2. The van der Waals surface area contributed by atoms with E-state index in [0.717, 1.165) is 12.8 Å². The van der Waals surface area contributed by atoms with Crippen molar-refractivity contribution in [3.05, 3.63) is 34.4 Å². The van der Waals surface area contributed by atoms with Crippen LogP contribution in [0.3, 0.4) is 0 Å². The van der Waals surface area contributed by atoms with Crippen LogP contribution in [-0.4, -0.2) is 71.4 Å². The fourth-order valence-electron chi connectivity index (χ4n) is 4.23. The molecular weight excluding hydrogens is 504 g/mol. The second-order valence-corrected chi connectivity index (χ2v) is 10.0. The topological polar surface area (TPSA) is 129 Å². The van der Waals surface area contributed by atoms with Crippen molar-refractivity contribution in [2.24, 2.45) is 0 Å². The molecular formula is C27H39ClO9. The van der Waals surface area contributed by atoms with Crippen molar-refractivity contribution in [1.82, 2.24) is 0 Å². The van der Waals surface area contributed by atoms with E-state index < -0.39 is 54.5 Å². The average Bonchev–Trinajstić information content (AvgIpc) is 3.19. The Kier molecular flexibility index (Phi) is 12.8. The molecule has 6 atom stereocenters. The number of halogens is 1. The number of allylic oxidation sites excluding steroid dienone is 2. The quantitative estimate of drug-likeness (QED) is 0.204. The summed E-state index contributed by atoms with van der Waals surface area (Å²) in [5, 5.41) is 21.7. The molecule has 2 N–H and O–H groups in total. The van der Waals surface area contributed by atoms with Gasteiger partial charge in [0.15, 0.2) is 0 Å². The first-order valence-electron chi connectivity index (χ1n) is 12.7. The van der Waals surface area contributed by atoms with Gasteiger partial charge in [-0.05, 0) is 32.3 Å². The van der Waals surface area contributed by atoms with Crippen molar-refractivity contribution < 1.29 is 43.5 Å². The molecule has 9 nitrogen and oxygen atoms in total. The third kappa shape index (κ3) is 10.6. The largest absolute Gasteiger partial charge is 0.465 e. The molecule has 2 rings (SSSR count). The summed E-state index contributed by atoms with van der Waals surface area (Å²) in [4.78, 5) is 36.4. The average molecular weight is 543 g/mol. The molecule has 0 spiro atoms. The van der Waals surface area contributed by atoms with Crippen LogP contribution in [-0.2, 0) is 33.3 Å². The maximum Gasteiger partial charge on any atom is 0.310 e. The van der Waals surface area contributed by atoms with E-state index in [2.05, 4.69) is 0 Å². The first-order valence-corrected chi connectivity index (χ1v) is 13.1. The second-order valence-electron chi connectivity index (χ2n) is 9.57. The van der Waals surface area contributed by atoms with Gasteiger partial charge in [-0.1, -0.05) is 48.7 Å². The predicted molar refractivity (Wildman–Crippen MR) is 137 cm³/mol. The molecule has 0 saturated carbocycles. The number of ether oxygens (including phenoxy) is 4. The summed E-state index contributed by atoms with van der Waals surface area (Å²) in [5.74, 6) is -1.54. The van der Waals surface area contributed by atoms with Gasteiger partial charge in [0.1, 0.15) is 24.4 Å². The van der Waals surface area contributed by atoms with Crippen molar-refractivity contribution in [2.75, 3.05) is 6.61 Å². The van der Waals surface area contributed by atoms with Crippen LogP contribution in [0.25, 0.3) is 0 Å². The van der Waals surface area contributed by atoms with Crippen molar-refractivity contribution in [3.63, 3.8) is 0 Å². The van der Waals surface area contributed by atoms with E-state index in [1.807, 2.05) is 6.92 Å². The Morgan fingerprint density at radius 3 is 2.68 bits per heavy atom. The number of unbranched alkanes of at least 4 members (excludes halogenated alkanes) is 1. The third-order valence-corrected chi connectivity index (χ3v) is 6.60. The third-order valence-electron chi connectivity index (χ3n) is 6.20. The van der Waals surface area contributed by atoms with Crippen LogP contribution in [0.15, 0.2) is 34.4 Å². The summed E-state index contributed by atoms with van der Waals surface area (Å²) in [7, 11) is 0. The molecule has 0 aromatic rings. The lowest BCUT2D eigenvalue weighted by molar-refractivity contribution is -0.159. The monoisotopic (exact) mass is 542 g/mol. The van der Waals surface area contributed by atoms with Gasteiger partial charge in [-0.3, -0.25) is 14.4 Å². The van der Waals surface area contributed by atoms with Crippen LogP contribution >= 0.6 is 11.6 Å². The maximum absolute atomic E-state index is 12.8. The van der Waals surface area contributed by atoms with Crippen LogP contribution in [0.2, 0.25) is 0 Å². The van der Waals surface area contributed by atoms with Gasteiger partial charge in [0.2, 0.25) is 0 Å². The van der Waals surface area contributed by atoms with Crippen molar-refractivity contribution >= 4 is 29.5 Å². The standard InChI is InChI=1S/C27H39ClO9/c1-5-6-10-34-25(32)12-16(2)11-22(31)27-24-14-19(36-27)13-21(30)20(28)9-7-8-17(3)23(35-18(4)29)15-26(33)37-24/h8-9,11,19,21-24,27,30-31H,5-7,10,12-15H2,1-4H3/b16-11+,17-8-,20-9-/t19-,21+,22+,23-,24-,27-/m0/s1. The van der Waals surface area contributed by atoms with Gasteiger partial charge in [0.05, 0.1) is 31.7 Å². The molecule has 2 aliphatic rings. The van der Waals surface area contributed by atoms with Gasteiger partial charge in [-0.25, -0.2) is 0 Å². The molecule has 0 amide bonds. The van der Waals surface area contributed by atoms with E-state index in [9.17, 15) is 24.6 Å². The highest BCUT2D eigenvalue weighted by Crippen LogP contribution is 2.32. The molecule has 1 saturated heterocycles. The summed E-state index contributed by atoms with van der Waals surface area (Å²) in [6, 6.07) is 0. The molecule has 208 valence electrons. The molecule has 10 heteroatoms. The van der Waals surface area contributed by atoms with Crippen LogP contribution < -0.4 is 0 Å². The van der Waals surface area contributed by atoms with Crippen LogP contribution in [0.5, 0.6) is 0 Å². The lowest BCUT2D eigenvalue weighted by Crippen LogP contribution is -2.37. The minimum atomic E-state index is -1.18. The summed E-state index contributed by atoms with van der Waals surface area (Å²) in [5.41, 5.74) is 1.22. The van der Waals surface area contributed by atoms with Crippen LogP contribution in [0.1, 0.15) is 72.6 Å². The Balaban J connectivity index is 2.21. The second kappa shape index (κ2) is 15.3. The molecule has 2 aliphatic heterocycles. The summed E-state index contributed by atoms with van der Waals surface area (Å²) < 4.78 is 22.2. The van der Waals surface area contributed by atoms with Crippen molar-refractivity contribution in [2.45, 2.75) is 109 Å². The minimum Gasteiger partial charge on any atom is -0.465 e. The zero-order valence-corrected chi connectivity index (χ0v) is 22.7. The van der Waals surface area contributed by atoms with Gasteiger partial charge in [0, 0.05) is 24.8 Å². The summed E-state index contributed by atoms with van der Waals surface area (Å²) in [6.07, 6.45) is 1.84. The van der Waals surface area contributed by atoms with E-state index >= 15 is 0 Å². The molecule has 0 aromatic heterocycles. The molecule has 37 heavy (non-hydrogen) atoms. The number of aliphatic hydroxyl groups is 2. The van der Waals surface area contributed by atoms with Crippen molar-refractivity contribution in [3.8, 4) is 0 Å². The molecule has 0 unspecified atom stereocenters. The van der Waals surface area contributed by atoms with Crippen molar-refractivity contribution in [1.29, 1.82) is 0 Å². The highest BCUT2D eigenvalue weighted by Gasteiger charge is 2.42. The Hall–Kier alpha value is -2.20. The summed E-state index contributed by atoms with van der Waals surface area (Å²) >= 11 is 6.28. The van der Waals surface area contributed by atoms with E-state index in [-0.39, 0.29) is 30.7 Å². The van der Waals surface area contributed by atoms with Gasteiger partial charge < -0.3 is 29.2 Å². The molecule has 2 bridgehead atoms. The maximum atomic E-state index is 12.8. The van der Waals surface area contributed by atoms with Gasteiger partial charge in [0.25, 0.3) is 0 Å². The van der Waals surface area contributed by atoms with Crippen LogP contribution in [0.4, 0.5) is 0 Å². The molecule has 1 fully saturated rings.